The first kappa shape index (κ1) is 11.6. The fourth-order valence-corrected chi connectivity index (χ4v) is 2.19. The lowest BCUT2D eigenvalue weighted by Gasteiger charge is -2.08. The second kappa shape index (κ2) is 5.40. The molecule has 0 bridgehead atoms. The summed E-state index contributed by atoms with van der Waals surface area (Å²) in [6.07, 6.45) is 0. The van der Waals surface area contributed by atoms with Gasteiger partial charge >= 0.3 is 0 Å². The predicted molar refractivity (Wildman–Crippen MR) is 61.3 cm³/mol. The van der Waals surface area contributed by atoms with Gasteiger partial charge in [0.1, 0.15) is 6.07 Å². The number of hydrogen-bond acceptors (Lipinski definition) is 3. The third kappa shape index (κ3) is 3.02. The number of aliphatic hydroxyl groups is 1. The number of halogens is 1. The van der Waals surface area contributed by atoms with Crippen molar-refractivity contribution in [3.8, 4) is 6.07 Å². The van der Waals surface area contributed by atoms with Crippen LogP contribution >= 0.6 is 27.7 Å². The maximum atomic E-state index is 8.90. The highest BCUT2D eigenvalue weighted by Crippen LogP contribution is 2.28. The van der Waals surface area contributed by atoms with Gasteiger partial charge in [0.15, 0.2) is 0 Å². The molecular formula is C10H10BrNOS. The molecule has 0 saturated carbocycles. The Balaban J connectivity index is 2.92. The van der Waals surface area contributed by atoms with Crippen molar-refractivity contribution in [1.82, 2.24) is 0 Å². The molecule has 0 spiro atoms. The zero-order valence-corrected chi connectivity index (χ0v) is 10.1. The van der Waals surface area contributed by atoms with E-state index in [1.54, 1.807) is 6.07 Å². The number of benzene rings is 1. The molecule has 0 radical (unpaired) electrons. The molecule has 1 aromatic carbocycles. The van der Waals surface area contributed by atoms with Crippen molar-refractivity contribution < 1.29 is 5.11 Å². The van der Waals surface area contributed by atoms with Crippen LogP contribution in [0.25, 0.3) is 0 Å². The maximum Gasteiger partial charge on any atom is 0.100 e. The molecule has 1 atom stereocenters. The van der Waals surface area contributed by atoms with E-state index in [1.165, 1.54) is 11.8 Å². The Morgan fingerprint density at radius 1 is 1.64 bits per heavy atom. The molecule has 2 nitrogen and oxygen atoms in total. The lowest BCUT2D eigenvalue weighted by atomic mass is 10.2. The Kier molecular flexibility index (Phi) is 4.46. The molecule has 1 unspecified atom stereocenters. The van der Waals surface area contributed by atoms with Crippen molar-refractivity contribution in [3.63, 3.8) is 0 Å². The molecule has 0 aliphatic heterocycles. The van der Waals surface area contributed by atoms with E-state index < -0.39 is 0 Å². The van der Waals surface area contributed by atoms with Gasteiger partial charge in [-0.3, -0.25) is 0 Å². The Labute approximate surface area is 96.1 Å². The largest absolute Gasteiger partial charge is 0.395 e. The molecule has 74 valence electrons. The topological polar surface area (TPSA) is 44.0 Å². The molecule has 0 aliphatic rings. The fraction of sp³-hybridized carbons (Fsp3) is 0.300. The quantitative estimate of drug-likeness (QED) is 0.860. The van der Waals surface area contributed by atoms with Crippen molar-refractivity contribution >= 4 is 27.7 Å². The summed E-state index contributed by atoms with van der Waals surface area (Å²) in [5, 5.41) is 17.9. The molecule has 0 saturated heterocycles. The average Bonchev–Trinajstić information content (AvgIpc) is 2.20. The first-order valence-electron chi connectivity index (χ1n) is 4.14. The molecule has 0 fully saturated rings. The van der Waals surface area contributed by atoms with Gasteiger partial charge in [0.05, 0.1) is 12.2 Å². The van der Waals surface area contributed by atoms with E-state index in [1.807, 2.05) is 19.1 Å². The van der Waals surface area contributed by atoms with E-state index in [0.717, 1.165) is 9.37 Å². The van der Waals surface area contributed by atoms with Gasteiger partial charge in [-0.05, 0) is 18.2 Å². The van der Waals surface area contributed by atoms with Crippen molar-refractivity contribution in [2.75, 3.05) is 6.61 Å². The average molecular weight is 272 g/mol. The molecule has 1 N–H and O–H groups in total. The van der Waals surface area contributed by atoms with E-state index in [0.29, 0.717) is 5.56 Å². The maximum absolute atomic E-state index is 8.90. The minimum Gasteiger partial charge on any atom is -0.395 e. The molecule has 1 rings (SSSR count). The summed E-state index contributed by atoms with van der Waals surface area (Å²) in [6, 6.07) is 7.70. The standard InChI is InChI=1S/C10H10BrNOS/c1-7(6-13)14-10-3-2-9(11)4-8(10)5-12/h2-4,7,13H,6H2,1H3. The molecule has 4 heteroatoms. The number of hydrogen-bond donors (Lipinski definition) is 1. The van der Waals surface area contributed by atoms with Crippen LogP contribution in [0.3, 0.4) is 0 Å². The van der Waals surface area contributed by atoms with Gasteiger partial charge in [-0.1, -0.05) is 22.9 Å². The van der Waals surface area contributed by atoms with Crippen LogP contribution in [-0.4, -0.2) is 17.0 Å². The summed E-state index contributed by atoms with van der Waals surface area (Å²) in [6.45, 7) is 2.04. The van der Waals surface area contributed by atoms with Crippen LogP contribution in [0, 0.1) is 11.3 Å². The molecule has 0 amide bonds. The van der Waals surface area contributed by atoms with E-state index in [2.05, 4.69) is 22.0 Å². The number of nitrogens with zero attached hydrogens (tertiary/aromatic N) is 1. The third-order valence-corrected chi connectivity index (χ3v) is 3.30. The lowest BCUT2D eigenvalue weighted by Crippen LogP contribution is -2.02. The highest BCUT2D eigenvalue weighted by Gasteiger charge is 2.07. The highest BCUT2D eigenvalue weighted by atomic mass is 79.9. The van der Waals surface area contributed by atoms with Crippen LogP contribution in [-0.2, 0) is 0 Å². The van der Waals surface area contributed by atoms with E-state index in [4.69, 9.17) is 10.4 Å². The normalized spacial score (nSPS) is 12.1. The number of aliphatic hydroxyl groups excluding tert-OH is 1. The minimum absolute atomic E-state index is 0.114. The second-order valence-electron chi connectivity index (χ2n) is 2.86. The van der Waals surface area contributed by atoms with Gasteiger partial charge in [-0.15, -0.1) is 11.8 Å². The van der Waals surface area contributed by atoms with Gasteiger partial charge in [0.2, 0.25) is 0 Å². The number of thioether (sulfide) groups is 1. The van der Waals surface area contributed by atoms with Gasteiger partial charge < -0.3 is 5.11 Å². The highest BCUT2D eigenvalue weighted by molar-refractivity contribution is 9.10. The molecule has 1 aromatic rings. The van der Waals surface area contributed by atoms with Gasteiger partial charge in [-0.25, -0.2) is 0 Å². The third-order valence-electron chi connectivity index (χ3n) is 1.65. The molecule has 0 heterocycles. The molecule has 14 heavy (non-hydrogen) atoms. The predicted octanol–water partition coefficient (Wildman–Crippen LogP) is 2.79. The SMILES string of the molecule is CC(CO)Sc1ccc(Br)cc1C#N. The summed E-state index contributed by atoms with van der Waals surface area (Å²) in [4.78, 5) is 0.914. The van der Waals surface area contributed by atoms with Crippen molar-refractivity contribution in [1.29, 1.82) is 5.26 Å². The Morgan fingerprint density at radius 3 is 2.93 bits per heavy atom. The second-order valence-corrected chi connectivity index (χ2v) is 5.26. The van der Waals surface area contributed by atoms with Gasteiger partial charge in [0.25, 0.3) is 0 Å². The van der Waals surface area contributed by atoms with E-state index in [9.17, 15) is 0 Å². The summed E-state index contributed by atoms with van der Waals surface area (Å²) in [5.74, 6) is 0. The Morgan fingerprint density at radius 2 is 2.36 bits per heavy atom. The first-order chi connectivity index (χ1) is 6.67. The van der Waals surface area contributed by atoms with E-state index in [-0.39, 0.29) is 11.9 Å². The zero-order valence-electron chi connectivity index (χ0n) is 7.70. The van der Waals surface area contributed by atoms with Crippen molar-refractivity contribution in [2.24, 2.45) is 0 Å². The van der Waals surface area contributed by atoms with Crippen LogP contribution < -0.4 is 0 Å². The molecule has 0 aliphatic carbocycles. The molecule has 0 aromatic heterocycles. The summed E-state index contributed by atoms with van der Waals surface area (Å²) in [7, 11) is 0. The first-order valence-corrected chi connectivity index (χ1v) is 5.81. The summed E-state index contributed by atoms with van der Waals surface area (Å²) >= 11 is 4.82. The van der Waals surface area contributed by atoms with E-state index >= 15 is 0 Å². The Hall–Kier alpha value is -0.500. The lowest BCUT2D eigenvalue weighted by molar-refractivity contribution is 0.300. The van der Waals surface area contributed by atoms with Crippen LogP contribution in [0.15, 0.2) is 27.6 Å². The summed E-state index contributed by atoms with van der Waals surface area (Å²) in [5.41, 5.74) is 0.643. The van der Waals surface area contributed by atoms with Crippen LogP contribution in [0.4, 0.5) is 0 Å². The summed E-state index contributed by atoms with van der Waals surface area (Å²) < 4.78 is 0.898. The number of nitriles is 1. The Bertz CT molecular complexity index is 362. The minimum atomic E-state index is 0.114. The number of rotatable bonds is 3. The van der Waals surface area contributed by atoms with Crippen molar-refractivity contribution in [2.45, 2.75) is 17.1 Å². The monoisotopic (exact) mass is 271 g/mol. The fourth-order valence-electron chi connectivity index (χ4n) is 0.946. The van der Waals surface area contributed by atoms with Gasteiger partial charge in [0, 0.05) is 14.6 Å². The van der Waals surface area contributed by atoms with Crippen LogP contribution in [0.5, 0.6) is 0 Å². The van der Waals surface area contributed by atoms with Crippen LogP contribution in [0.1, 0.15) is 12.5 Å². The van der Waals surface area contributed by atoms with Crippen LogP contribution in [0.2, 0.25) is 0 Å². The zero-order chi connectivity index (χ0) is 10.6. The molecular weight excluding hydrogens is 262 g/mol. The van der Waals surface area contributed by atoms with Crippen molar-refractivity contribution in [3.05, 3.63) is 28.2 Å². The smallest absolute Gasteiger partial charge is 0.100 e. The van der Waals surface area contributed by atoms with Gasteiger partial charge in [-0.2, -0.15) is 5.26 Å².